The van der Waals surface area contributed by atoms with Gasteiger partial charge in [-0.2, -0.15) is 0 Å². The van der Waals surface area contributed by atoms with Crippen LogP contribution in [0.4, 0.5) is 4.79 Å². The van der Waals surface area contributed by atoms with E-state index in [-0.39, 0.29) is 11.9 Å². The van der Waals surface area contributed by atoms with E-state index in [1.165, 1.54) is 32.1 Å². The molecule has 0 saturated carbocycles. The Morgan fingerprint density at radius 1 is 0.957 bits per heavy atom. The molecule has 0 saturated heterocycles. The summed E-state index contributed by atoms with van der Waals surface area (Å²) in [7, 11) is 0. The average molecular weight is 318 g/mol. The number of imide groups is 1. The van der Waals surface area contributed by atoms with Gasteiger partial charge < -0.3 is 5.32 Å². The lowest BCUT2D eigenvalue weighted by Gasteiger charge is -2.14. The van der Waals surface area contributed by atoms with Gasteiger partial charge in [0, 0.05) is 6.42 Å². The first-order chi connectivity index (χ1) is 11.1. The molecule has 23 heavy (non-hydrogen) atoms. The largest absolute Gasteiger partial charge is 0.331 e. The maximum absolute atomic E-state index is 11.8. The highest BCUT2D eigenvalue weighted by molar-refractivity contribution is 5.94. The molecule has 0 aliphatic heterocycles. The van der Waals surface area contributed by atoms with Gasteiger partial charge in [0.05, 0.1) is 6.04 Å². The Bertz CT molecular complexity index is 460. The summed E-state index contributed by atoms with van der Waals surface area (Å²) >= 11 is 0. The minimum absolute atomic E-state index is 0.123. The number of nitrogens with one attached hydrogen (secondary N) is 2. The van der Waals surface area contributed by atoms with Crippen LogP contribution >= 0.6 is 0 Å². The molecule has 0 aliphatic carbocycles. The van der Waals surface area contributed by atoms with Crippen molar-refractivity contribution >= 4 is 11.9 Å². The first-order valence-electron chi connectivity index (χ1n) is 8.78. The van der Waals surface area contributed by atoms with Gasteiger partial charge in [0.25, 0.3) is 0 Å². The van der Waals surface area contributed by atoms with Gasteiger partial charge in [0.1, 0.15) is 0 Å². The Morgan fingerprint density at radius 2 is 1.57 bits per heavy atom. The second-order valence-corrected chi connectivity index (χ2v) is 6.03. The molecule has 0 radical (unpaired) electrons. The summed E-state index contributed by atoms with van der Waals surface area (Å²) in [6.07, 6.45) is 8.55. The molecule has 0 heterocycles. The molecule has 1 rings (SSSR count). The van der Waals surface area contributed by atoms with E-state index < -0.39 is 6.03 Å². The summed E-state index contributed by atoms with van der Waals surface area (Å²) in [6, 6.07) is 9.14. The summed E-state index contributed by atoms with van der Waals surface area (Å²) in [5.74, 6) is -0.198. The van der Waals surface area contributed by atoms with Crippen LogP contribution in [-0.4, -0.2) is 11.9 Å². The fraction of sp³-hybridized carbons (Fsp3) is 0.579. The van der Waals surface area contributed by atoms with Gasteiger partial charge in [0.15, 0.2) is 0 Å². The second-order valence-electron chi connectivity index (χ2n) is 6.03. The van der Waals surface area contributed by atoms with Crippen LogP contribution in [-0.2, 0) is 4.79 Å². The molecule has 0 fully saturated rings. The minimum atomic E-state index is -0.422. The third-order valence-corrected chi connectivity index (χ3v) is 3.91. The van der Waals surface area contributed by atoms with Crippen LogP contribution in [0.25, 0.3) is 0 Å². The first-order valence-corrected chi connectivity index (χ1v) is 8.78. The predicted octanol–water partition coefficient (Wildman–Crippen LogP) is 4.71. The lowest BCUT2D eigenvalue weighted by Crippen LogP contribution is -2.40. The topological polar surface area (TPSA) is 58.2 Å². The number of hydrogen-bond acceptors (Lipinski definition) is 2. The van der Waals surface area contributed by atoms with Crippen molar-refractivity contribution in [2.45, 2.75) is 71.3 Å². The van der Waals surface area contributed by atoms with Gasteiger partial charge in [0.2, 0.25) is 5.91 Å². The highest BCUT2D eigenvalue weighted by Crippen LogP contribution is 2.11. The van der Waals surface area contributed by atoms with E-state index in [0.29, 0.717) is 6.42 Å². The zero-order chi connectivity index (χ0) is 16.9. The normalized spacial score (nSPS) is 11.7. The lowest BCUT2D eigenvalue weighted by molar-refractivity contribution is -0.120. The van der Waals surface area contributed by atoms with Crippen LogP contribution in [0.15, 0.2) is 30.3 Å². The Kier molecular flexibility index (Phi) is 9.76. The Morgan fingerprint density at radius 3 is 2.22 bits per heavy atom. The first kappa shape index (κ1) is 19.2. The highest BCUT2D eigenvalue weighted by Gasteiger charge is 2.11. The van der Waals surface area contributed by atoms with Crippen molar-refractivity contribution in [2.75, 3.05) is 0 Å². The van der Waals surface area contributed by atoms with Crippen LogP contribution in [0.1, 0.15) is 76.8 Å². The SMILES string of the molecule is CCCCCCCCCC(=O)NC(=O)N[C@@H](C)c1ccccc1. The van der Waals surface area contributed by atoms with E-state index in [0.717, 1.165) is 18.4 Å². The summed E-state index contributed by atoms with van der Waals surface area (Å²) < 4.78 is 0. The standard InChI is InChI=1S/C19H30N2O2/c1-3-4-5-6-7-8-12-15-18(22)21-19(23)20-16(2)17-13-10-9-11-14-17/h9-11,13-14,16H,3-8,12,15H2,1-2H3,(H2,20,21,22,23)/t16-/m0/s1. The summed E-state index contributed by atoms with van der Waals surface area (Å²) in [5.41, 5.74) is 1.02. The third kappa shape index (κ3) is 9.01. The predicted molar refractivity (Wildman–Crippen MR) is 94.1 cm³/mol. The van der Waals surface area contributed by atoms with Crippen LogP contribution in [0, 0.1) is 0 Å². The fourth-order valence-electron chi connectivity index (χ4n) is 2.49. The van der Waals surface area contributed by atoms with Gasteiger partial charge in [-0.05, 0) is 18.9 Å². The molecule has 4 nitrogen and oxygen atoms in total. The Labute approximate surface area is 140 Å². The van der Waals surface area contributed by atoms with Crippen LogP contribution in [0.5, 0.6) is 0 Å². The molecule has 1 aromatic rings. The van der Waals surface area contributed by atoms with Gasteiger partial charge >= 0.3 is 6.03 Å². The van der Waals surface area contributed by atoms with Crippen molar-refractivity contribution in [1.82, 2.24) is 10.6 Å². The van der Waals surface area contributed by atoms with Crippen molar-refractivity contribution in [3.8, 4) is 0 Å². The molecule has 0 bridgehead atoms. The van der Waals surface area contributed by atoms with Crippen LogP contribution < -0.4 is 10.6 Å². The maximum Gasteiger partial charge on any atom is 0.321 e. The van der Waals surface area contributed by atoms with Gasteiger partial charge in [-0.3, -0.25) is 10.1 Å². The number of benzene rings is 1. The van der Waals surface area contributed by atoms with E-state index >= 15 is 0 Å². The number of carbonyl (C=O) groups is 2. The number of rotatable bonds is 10. The van der Waals surface area contributed by atoms with Crippen molar-refractivity contribution in [2.24, 2.45) is 0 Å². The van der Waals surface area contributed by atoms with Crippen molar-refractivity contribution in [3.05, 3.63) is 35.9 Å². The summed E-state index contributed by atoms with van der Waals surface area (Å²) in [4.78, 5) is 23.5. The molecule has 0 aliphatic rings. The quantitative estimate of drug-likeness (QED) is 0.614. The number of amides is 3. The number of unbranched alkanes of at least 4 members (excludes halogenated alkanes) is 6. The van der Waals surface area contributed by atoms with Gasteiger partial charge in [-0.1, -0.05) is 75.8 Å². The highest BCUT2D eigenvalue weighted by atomic mass is 16.2. The molecule has 1 atom stereocenters. The van der Waals surface area contributed by atoms with Crippen molar-refractivity contribution < 1.29 is 9.59 Å². The second kappa shape index (κ2) is 11.7. The van der Waals surface area contributed by atoms with Gasteiger partial charge in [-0.25, -0.2) is 4.79 Å². The molecule has 3 amide bonds. The molecule has 4 heteroatoms. The van der Waals surface area contributed by atoms with E-state index in [1.807, 2.05) is 37.3 Å². The molecule has 1 aromatic carbocycles. The van der Waals surface area contributed by atoms with Crippen molar-refractivity contribution in [1.29, 1.82) is 0 Å². The van der Waals surface area contributed by atoms with Crippen molar-refractivity contribution in [3.63, 3.8) is 0 Å². The summed E-state index contributed by atoms with van der Waals surface area (Å²) in [5, 5.41) is 5.18. The monoisotopic (exact) mass is 318 g/mol. The summed E-state index contributed by atoms with van der Waals surface area (Å²) in [6.45, 7) is 4.10. The number of hydrogen-bond donors (Lipinski definition) is 2. The van der Waals surface area contributed by atoms with E-state index in [1.54, 1.807) is 0 Å². The van der Waals surface area contributed by atoms with E-state index in [4.69, 9.17) is 0 Å². The van der Waals surface area contributed by atoms with E-state index in [9.17, 15) is 9.59 Å². The number of urea groups is 1. The molecule has 0 aromatic heterocycles. The molecular formula is C19H30N2O2. The zero-order valence-electron chi connectivity index (χ0n) is 14.4. The van der Waals surface area contributed by atoms with E-state index in [2.05, 4.69) is 17.6 Å². The smallest absolute Gasteiger partial charge is 0.321 e. The van der Waals surface area contributed by atoms with Gasteiger partial charge in [-0.15, -0.1) is 0 Å². The minimum Gasteiger partial charge on any atom is -0.331 e. The molecule has 0 unspecified atom stereocenters. The Balaban J connectivity index is 2.13. The Hall–Kier alpha value is -1.84. The lowest BCUT2D eigenvalue weighted by atomic mass is 10.1. The third-order valence-electron chi connectivity index (χ3n) is 3.91. The zero-order valence-corrected chi connectivity index (χ0v) is 14.4. The average Bonchev–Trinajstić information content (AvgIpc) is 2.54. The maximum atomic E-state index is 11.8. The molecular weight excluding hydrogens is 288 g/mol. The molecule has 128 valence electrons. The molecule has 2 N–H and O–H groups in total. The molecule has 0 spiro atoms. The van der Waals surface area contributed by atoms with Crippen LogP contribution in [0.2, 0.25) is 0 Å². The number of carbonyl (C=O) groups excluding carboxylic acids is 2. The van der Waals surface area contributed by atoms with Crippen LogP contribution in [0.3, 0.4) is 0 Å². The fourth-order valence-corrected chi connectivity index (χ4v) is 2.49.